The van der Waals surface area contributed by atoms with E-state index in [2.05, 4.69) is 35.1 Å². The first-order valence-corrected chi connectivity index (χ1v) is 17.1. The Morgan fingerprint density at radius 1 is 0.673 bits per heavy atom. The van der Waals surface area contributed by atoms with Gasteiger partial charge in [0.05, 0.1) is 22.8 Å². The number of benzene rings is 1. The smallest absolute Gasteiger partial charge is 0.408 e. The molecule has 12 heteroatoms. The van der Waals surface area contributed by atoms with E-state index in [1.165, 1.54) is 0 Å². The van der Waals surface area contributed by atoms with Crippen LogP contribution in [0.2, 0.25) is 0 Å². The van der Waals surface area contributed by atoms with Gasteiger partial charge in [-0.25, -0.2) is 9.59 Å². The molecule has 0 aliphatic heterocycles. The van der Waals surface area contributed by atoms with Crippen LogP contribution in [0.4, 0.5) is 4.79 Å². The number of aromatic nitrogens is 4. The Kier molecular flexibility index (Phi) is 13.0. The third kappa shape index (κ3) is 12.0. The van der Waals surface area contributed by atoms with Crippen LogP contribution < -0.4 is 5.32 Å². The summed E-state index contributed by atoms with van der Waals surface area (Å²) < 4.78 is 5.36. The van der Waals surface area contributed by atoms with Gasteiger partial charge in [-0.3, -0.25) is 29.7 Å². The summed E-state index contributed by atoms with van der Waals surface area (Å²) in [6.07, 6.45) is 6.10. The van der Waals surface area contributed by atoms with Crippen molar-refractivity contribution in [1.82, 2.24) is 35.1 Å². The molecule has 12 nitrogen and oxygen atoms in total. The fourth-order valence-electron chi connectivity index (χ4n) is 5.78. The SMILES string of the molecule is CC(C)(C)OC(=O)NC(Cc1cc(CN(Cc2ccccn2)Cc2ccccn2)c(O)c(CN(Cc2ccccn2)Cc2ccccn2)c1)C(=O)O. The predicted molar refractivity (Wildman–Crippen MR) is 195 cm³/mol. The average molecular weight is 704 g/mol. The number of carbonyl (C=O) groups is 2. The number of alkyl carbamates (subject to hydrolysis) is 1. The van der Waals surface area contributed by atoms with Crippen molar-refractivity contribution in [2.75, 3.05) is 0 Å². The molecule has 0 saturated heterocycles. The van der Waals surface area contributed by atoms with E-state index in [4.69, 9.17) is 4.74 Å². The standard InChI is InChI=1S/C40H45N7O5/c1-40(2,3)52-39(51)45-36(38(49)50)22-29-20-30(23-46(25-32-12-4-8-16-41-32)26-33-13-5-9-17-42-33)37(48)31(21-29)24-47(27-34-14-6-10-18-43-34)28-35-15-7-11-19-44-35/h4-21,36,48H,22-28H2,1-3H3,(H,45,51)(H,49,50). The molecule has 1 aromatic carbocycles. The summed E-state index contributed by atoms with van der Waals surface area (Å²) in [5.74, 6) is -1.12. The number of hydrogen-bond acceptors (Lipinski definition) is 10. The second-order valence-corrected chi connectivity index (χ2v) is 13.6. The number of carboxylic acids is 1. The number of phenols is 1. The monoisotopic (exact) mass is 703 g/mol. The predicted octanol–water partition coefficient (Wildman–Crippen LogP) is 5.90. The Bertz CT molecular complexity index is 1680. The number of nitrogens with one attached hydrogen (secondary N) is 1. The largest absolute Gasteiger partial charge is 0.507 e. The van der Waals surface area contributed by atoms with E-state index >= 15 is 0 Å². The zero-order chi connectivity index (χ0) is 36.9. The minimum Gasteiger partial charge on any atom is -0.507 e. The molecule has 1 atom stereocenters. The molecular weight excluding hydrogens is 658 g/mol. The summed E-state index contributed by atoms with van der Waals surface area (Å²) in [6, 6.07) is 25.3. The Morgan fingerprint density at radius 3 is 1.37 bits per heavy atom. The zero-order valence-electron chi connectivity index (χ0n) is 29.7. The summed E-state index contributed by atoms with van der Waals surface area (Å²) in [4.78, 5) is 47.5. The molecule has 0 saturated carbocycles. The summed E-state index contributed by atoms with van der Waals surface area (Å²) in [6.45, 7) is 7.63. The quantitative estimate of drug-likeness (QED) is 0.113. The summed E-state index contributed by atoms with van der Waals surface area (Å²) in [7, 11) is 0. The van der Waals surface area contributed by atoms with E-state index in [9.17, 15) is 19.8 Å². The Hall–Kier alpha value is -5.72. The fourth-order valence-corrected chi connectivity index (χ4v) is 5.78. The number of aliphatic carboxylic acids is 1. The van der Waals surface area contributed by atoms with Crippen molar-refractivity contribution >= 4 is 12.1 Å². The van der Waals surface area contributed by atoms with Crippen LogP contribution in [0.25, 0.3) is 0 Å². The van der Waals surface area contributed by atoms with E-state index in [-0.39, 0.29) is 12.2 Å². The lowest BCUT2D eigenvalue weighted by Gasteiger charge is -2.26. The normalized spacial score (nSPS) is 12.1. The molecule has 5 rings (SSSR count). The van der Waals surface area contributed by atoms with Gasteiger partial charge < -0.3 is 20.3 Å². The number of phenolic OH excluding ortho intramolecular Hbond substituents is 1. The van der Waals surface area contributed by atoms with Gasteiger partial charge in [-0.1, -0.05) is 36.4 Å². The Labute approximate surface area is 304 Å². The van der Waals surface area contributed by atoms with Gasteiger partial charge in [0.15, 0.2) is 0 Å². The first-order valence-electron chi connectivity index (χ1n) is 17.1. The first kappa shape index (κ1) is 37.5. The van der Waals surface area contributed by atoms with Crippen LogP contribution in [0.5, 0.6) is 5.75 Å². The van der Waals surface area contributed by atoms with Crippen molar-refractivity contribution in [2.45, 2.75) is 78.1 Å². The van der Waals surface area contributed by atoms with Crippen LogP contribution in [-0.2, 0) is 55.2 Å². The summed E-state index contributed by atoms with van der Waals surface area (Å²) in [5, 5.41) is 24.6. The Balaban J connectivity index is 1.52. The van der Waals surface area contributed by atoms with Crippen molar-refractivity contribution in [1.29, 1.82) is 0 Å². The second-order valence-electron chi connectivity index (χ2n) is 13.6. The minimum atomic E-state index is -1.28. The third-order valence-electron chi connectivity index (χ3n) is 7.99. The fraction of sp³-hybridized carbons (Fsp3) is 0.300. The number of carbonyl (C=O) groups excluding carboxylic acids is 1. The number of ether oxygens (including phenoxy) is 1. The molecule has 0 spiro atoms. The molecule has 4 heterocycles. The molecule has 4 aromatic heterocycles. The maximum atomic E-state index is 12.7. The lowest BCUT2D eigenvalue weighted by atomic mass is 9.97. The van der Waals surface area contributed by atoms with Gasteiger partial charge in [0.1, 0.15) is 17.4 Å². The van der Waals surface area contributed by atoms with E-state index in [0.717, 1.165) is 22.8 Å². The molecule has 0 bridgehead atoms. The lowest BCUT2D eigenvalue weighted by Crippen LogP contribution is -2.44. The highest BCUT2D eigenvalue weighted by atomic mass is 16.6. The van der Waals surface area contributed by atoms with Gasteiger partial charge in [0, 0.05) is 81.6 Å². The van der Waals surface area contributed by atoms with Crippen molar-refractivity contribution in [2.24, 2.45) is 0 Å². The maximum absolute atomic E-state index is 12.7. The molecule has 0 fully saturated rings. The lowest BCUT2D eigenvalue weighted by molar-refractivity contribution is -0.139. The third-order valence-corrected chi connectivity index (χ3v) is 7.99. The van der Waals surface area contributed by atoms with Gasteiger partial charge >= 0.3 is 12.1 Å². The highest BCUT2D eigenvalue weighted by Crippen LogP contribution is 2.30. The molecule has 270 valence electrons. The topological polar surface area (TPSA) is 154 Å². The van der Waals surface area contributed by atoms with Crippen LogP contribution in [0, 0.1) is 0 Å². The molecule has 0 radical (unpaired) electrons. The average Bonchev–Trinajstić information content (AvgIpc) is 3.11. The second kappa shape index (κ2) is 18.0. The number of nitrogens with zero attached hydrogens (tertiary/aromatic N) is 6. The van der Waals surface area contributed by atoms with Crippen LogP contribution in [-0.4, -0.2) is 63.7 Å². The molecule has 52 heavy (non-hydrogen) atoms. The number of aromatic hydroxyl groups is 1. The molecule has 0 aliphatic carbocycles. The first-order chi connectivity index (χ1) is 25.0. The van der Waals surface area contributed by atoms with Crippen molar-refractivity contribution < 1.29 is 24.5 Å². The van der Waals surface area contributed by atoms with Gasteiger partial charge in [0.25, 0.3) is 0 Å². The molecule has 3 N–H and O–H groups in total. The van der Waals surface area contributed by atoms with Gasteiger partial charge in [-0.05, 0) is 74.9 Å². The molecule has 0 aliphatic rings. The van der Waals surface area contributed by atoms with Crippen LogP contribution >= 0.6 is 0 Å². The van der Waals surface area contributed by atoms with Gasteiger partial charge in [-0.2, -0.15) is 0 Å². The maximum Gasteiger partial charge on any atom is 0.408 e. The van der Waals surface area contributed by atoms with E-state index in [1.54, 1.807) is 57.7 Å². The van der Waals surface area contributed by atoms with Crippen LogP contribution in [0.3, 0.4) is 0 Å². The van der Waals surface area contributed by atoms with Crippen LogP contribution in [0.1, 0.15) is 60.2 Å². The van der Waals surface area contributed by atoms with Crippen molar-refractivity contribution in [3.63, 3.8) is 0 Å². The van der Waals surface area contributed by atoms with E-state index in [1.807, 2.05) is 72.8 Å². The van der Waals surface area contributed by atoms with Gasteiger partial charge in [0.2, 0.25) is 0 Å². The number of rotatable bonds is 16. The molecule has 5 aromatic rings. The number of amides is 1. The van der Waals surface area contributed by atoms with E-state index in [0.29, 0.717) is 56.0 Å². The molecule has 1 amide bonds. The molecular formula is C40H45N7O5. The number of carboxylic acid groups (broad SMARTS) is 1. The highest BCUT2D eigenvalue weighted by molar-refractivity contribution is 5.80. The zero-order valence-corrected chi connectivity index (χ0v) is 29.7. The summed E-state index contributed by atoms with van der Waals surface area (Å²) in [5.41, 5.74) is 4.39. The van der Waals surface area contributed by atoms with E-state index < -0.39 is 23.7 Å². The number of pyridine rings is 4. The van der Waals surface area contributed by atoms with Gasteiger partial charge in [-0.15, -0.1) is 0 Å². The minimum absolute atomic E-state index is 0.0458. The Morgan fingerprint density at radius 2 is 1.06 bits per heavy atom. The summed E-state index contributed by atoms with van der Waals surface area (Å²) >= 11 is 0. The number of hydrogen-bond donors (Lipinski definition) is 3. The highest BCUT2D eigenvalue weighted by Gasteiger charge is 2.26. The van der Waals surface area contributed by atoms with Crippen LogP contribution in [0.15, 0.2) is 110 Å². The van der Waals surface area contributed by atoms with Crippen molar-refractivity contribution in [3.05, 3.63) is 149 Å². The van der Waals surface area contributed by atoms with Crippen molar-refractivity contribution in [3.8, 4) is 5.75 Å². The molecule has 1 unspecified atom stereocenters.